The van der Waals surface area contributed by atoms with Crippen LogP contribution in [-0.2, 0) is 0 Å². The van der Waals surface area contributed by atoms with Crippen molar-refractivity contribution in [3.05, 3.63) is 0 Å². The van der Waals surface area contributed by atoms with E-state index < -0.39 is 0 Å². The molecule has 0 aromatic rings. The highest BCUT2D eigenvalue weighted by Gasteiger charge is 2.02. The van der Waals surface area contributed by atoms with Crippen molar-refractivity contribution in [2.45, 2.75) is 32.8 Å². The average Bonchev–Trinajstić information content (AvgIpc) is 1.85. The van der Waals surface area contributed by atoms with Crippen LogP contribution < -0.4 is 5.32 Å². The van der Waals surface area contributed by atoms with Crippen molar-refractivity contribution >= 4 is 0 Å². The van der Waals surface area contributed by atoms with Gasteiger partial charge in [0.05, 0.1) is 6.10 Å². The molecule has 0 aliphatic rings. The molecule has 0 amide bonds. The maximum absolute atomic E-state index is 9.24. The summed E-state index contributed by atoms with van der Waals surface area (Å²) in [7, 11) is 1.86. The molecule has 2 heteroatoms. The Bertz CT molecular complexity index is 73.7. The monoisotopic (exact) mass is 145 g/mol. The SMILES string of the molecule is CNC[C@H](O)CCC(C)C. The molecule has 0 aromatic carbocycles. The van der Waals surface area contributed by atoms with Gasteiger partial charge in [0.25, 0.3) is 0 Å². The first-order valence-corrected chi connectivity index (χ1v) is 3.99. The fourth-order valence-electron chi connectivity index (χ4n) is 0.863. The fraction of sp³-hybridized carbons (Fsp3) is 1.00. The molecular formula is C8H19NO. The van der Waals surface area contributed by atoms with E-state index in [1.807, 2.05) is 7.05 Å². The van der Waals surface area contributed by atoms with Gasteiger partial charge in [0.1, 0.15) is 0 Å². The molecule has 2 nitrogen and oxygen atoms in total. The summed E-state index contributed by atoms with van der Waals surface area (Å²) in [6.07, 6.45) is 1.87. The Balaban J connectivity index is 3.12. The normalized spacial score (nSPS) is 14.1. The first kappa shape index (κ1) is 9.92. The summed E-state index contributed by atoms with van der Waals surface area (Å²) >= 11 is 0. The third-order valence-electron chi connectivity index (χ3n) is 1.52. The van der Waals surface area contributed by atoms with Crippen molar-refractivity contribution in [2.75, 3.05) is 13.6 Å². The number of aliphatic hydroxyl groups excluding tert-OH is 1. The summed E-state index contributed by atoms with van der Waals surface area (Å²) in [6.45, 7) is 5.06. The number of hydrogen-bond donors (Lipinski definition) is 2. The van der Waals surface area contributed by atoms with Crippen molar-refractivity contribution in [2.24, 2.45) is 5.92 Å². The summed E-state index contributed by atoms with van der Waals surface area (Å²) in [6, 6.07) is 0. The van der Waals surface area contributed by atoms with Crippen molar-refractivity contribution < 1.29 is 5.11 Å². The maximum Gasteiger partial charge on any atom is 0.0664 e. The highest BCUT2D eigenvalue weighted by Crippen LogP contribution is 2.05. The predicted octanol–water partition coefficient (Wildman–Crippen LogP) is 1.00. The summed E-state index contributed by atoms with van der Waals surface area (Å²) in [4.78, 5) is 0. The van der Waals surface area contributed by atoms with Gasteiger partial charge in [-0.2, -0.15) is 0 Å². The minimum atomic E-state index is -0.160. The van der Waals surface area contributed by atoms with Gasteiger partial charge >= 0.3 is 0 Å². The van der Waals surface area contributed by atoms with Gasteiger partial charge in [-0.05, 0) is 25.8 Å². The van der Waals surface area contributed by atoms with Crippen molar-refractivity contribution in [1.82, 2.24) is 5.32 Å². The van der Waals surface area contributed by atoms with Crippen LogP contribution in [0.2, 0.25) is 0 Å². The van der Waals surface area contributed by atoms with E-state index in [2.05, 4.69) is 19.2 Å². The van der Waals surface area contributed by atoms with Crippen LogP contribution in [0, 0.1) is 5.92 Å². The van der Waals surface area contributed by atoms with Gasteiger partial charge in [-0.1, -0.05) is 13.8 Å². The number of nitrogens with one attached hydrogen (secondary N) is 1. The van der Waals surface area contributed by atoms with Crippen LogP contribution in [-0.4, -0.2) is 24.8 Å². The molecule has 0 saturated heterocycles. The van der Waals surface area contributed by atoms with Gasteiger partial charge < -0.3 is 10.4 Å². The Morgan fingerprint density at radius 1 is 1.30 bits per heavy atom. The second kappa shape index (κ2) is 5.69. The van der Waals surface area contributed by atoms with Crippen molar-refractivity contribution in [3.8, 4) is 0 Å². The summed E-state index contributed by atoms with van der Waals surface area (Å²) in [5.41, 5.74) is 0. The van der Waals surface area contributed by atoms with Crippen LogP contribution in [0.3, 0.4) is 0 Å². The van der Waals surface area contributed by atoms with Crippen LogP contribution in [0.5, 0.6) is 0 Å². The molecule has 10 heavy (non-hydrogen) atoms. The Kier molecular flexibility index (Phi) is 5.64. The zero-order valence-corrected chi connectivity index (χ0v) is 7.22. The lowest BCUT2D eigenvalue weighted by Gasteiger charge is -2.10. The molecule has 1 atom stereocenters. The largest absolute Gasteiger partial charge is 0.392 e. The molecule has 0 aromatic heterocycles. The lowest BCUT2D eigenvalue weighted by Crippen LogP contribution is -2.23. The average molecular weight is 145 g/mol. The first-order valence-electron chi connectivity index (χ1n) is 3.99. The van der Waals surface area contributed by atoms with Gasteiger partial charge in [-0.15, -0.1) is 0 Å². The quantitative estimate of drug-likeness (QED) is 0.605. The second-order valence-electron chi connectivity index (χ2n) is 3.18. The third-order valence-corrected chi connectivity index (χ3v) is 1.52. The van der Waals surface area contributed by atoms with Crippen molar-refractivity contribution in [3.63, 3.8) is 0 Å². The lowest BCUT2D eigenvalue weighted by molar-refractivity contribution is 0.156. The third kappa shape index (κ3) is 6.05. The van der Waals surface area contributed by atoms with E-state index >= 15 is 0 Å². The maximum atomic E-state index is 9.24. The van der Waals surface area contributed by atoms with Crippen LogP contribution in [0.25, 0.3) is 0 Å². The molecule has 0 bridgehead atoms. The molecule has 0 radical (unpaired) electrons. The van der Waals surface area contributed by atoms with E-state index in [-0.39, 0.29) is 6.10 Å². The molecule has 0 fully saturated rings. The zero-order valence-electron chi connectivity index (χ0n) is 7.22. The molecule has 0 rings (SSSR count). The highest BCUT2D eigenvalue weighted by molar-refractivity contribution is 4.58. The van der Waals surface area contributed by atoms with E-state index in [9.17, 15) is 5.11 Å². The minimum absolute atomic E-state index is 0.160. The molecule has 0 unspecified atom stereocenters. The van der Waals surface area contributed by atoms with Gasteiger partial charge in [0.2, 0.25) is 0 Å². The second-order valence-corrected chi connectivity index (χ2v) is 3.18. The van der Waals surface area contributed by atoms with E-state index in [4.69, 9.17) is 0 Å². The van der Waals surface area contributed by atoms with Crippen LogP contribution in [0.15, 0.2) is 0 Å². The molecule has 0 spiro atoms. The van der Waals surface area contributed by atoms with E-state index in [0.717, 1.165) is 12.8 Å². The van der Waals surface area contributed by atoms with Crippen molar-refractivity contribution in [1.29, 1.82) is 0 Å². The van der Waals surface area contributed by atoms with Crippen LogP contribution >= 0.6 is 0 Å². The minimum Gasteiger partial charge on any atom is -0.392 e. The molecule has 0 saturated carbocycles. The molecule has 62 valence electrons. The van der Waals surface area contributed by atoms with Gasteiger partial charge in [-0.3, -0.25) is 0 Å². The Morgan fingerprint density at radius 2 is 1.90 bits per heavy atom. The smallest absolute Gasteiger partial charge is 0.0664 e. The van der Waals surface area contributed by atoms with E-state index in [1.54, 1.807) is 0 Å². The van der Waals surface area contributed by atoms with E-state index in [0.29, 0.717) is 12.5 Å². The van der Waals surface area contributed by atoms with E-state index in [1.165, 1.54) is 0 Å². The fourth-order valence-corrected chi connectivity index (χ4v) is 0.863. The molecule has 2 N–H and O–H groups in total. The van der Waals surface area contributed by atoms with Gasteiger partial charge in [0, 0.05) is 6.54 Å². The Labute approximate surface area is 63.6 Å². The summed E-state index contributed by atoms with van der Waals surface area (Å²) in [5, 5.41) is 12.2. The molecule has 0 aliphatic heterocycles. The summed E-state index contributed by atoms with van der Waals surface area (Å²) in [5.74, 6) is 0.700. The highest BCUT2D eigenvalue weighted by atomic mass is 16.3. The number of hydrogen-bond acceptors (Lipinski definition) is 2. The topological polar surface area (TPSA) is 32.3 Å². The van der Waals surface area contributed by atoms with Crippen LogP contribution in [0.4, 0.5) is 0 Å². The predicted molar refractivity (Wildman–Crippen MR) is 44.0 cm³/mol. The molecule has 0 aliphatic carbocycles. The van der Waals surface area contributed by atoms with Crippen LogP contribution in [0.1, 0.15) is 26.7 Å². The Morgan fingerprint density at radius 3 is 2.30 bits per heavy atom. The van der Waals surface area contributed by atoms with Gasteiger partial charge in [-0.25, -0.2) is 0 Å². The number of aliphatic hydroxyl groups is 1. The molecular weight excluding hydrogens is 126 g/mol. The standard InChI is InChI=1S/C8H19NO/c1-7(2)4-5-8(10)6-9-3/h7-10H,4-6H2,1-3H3/t8-/m1/s1. The van der Waals surface area contributed by atoms with Gasteiger partial charge in [0.15, 0.2) is 0 Å². The number of likely N-dealkylation sites (N-methyl/N-ethyl adjacent to an activating group) is 1. The lowest BCUT2D eigenvalue weighted by atomic mass is 10.1. The first-order chi connectivity index (χ1) is 4.66. The summed E-state index contributed by atoms with van der Waals surface area (Å²) < 4.78 is 0. The molecule has 0 heterocycles. The number of rotatable bonds is 5. The zero-order chi connectivity index (χ0) is 7.98. The Hall–Kier alpha value is -0.0800.